The lowest BCUT2D eigenvalue weighted by atomic mass is 10.1. The lowest BCUT2D eigenvalue weighted by Gasteiger charge is -2.26. The number of hydrogen-bond donors (Lipinski definition) is 2. The first-order valence-electron chi connectivity index (χ1n) is 5.34. The van der Waals surface area contributed by atoms with Gasteiger partial charge in [-0.15, -0.1) is 0 Å². The zero-order valence-electron chi connectivity index (χ0n) is 8.02. The highest BCUT2D eigenvalue weighted by atomic mass is 16.3. The van der Waals surface area contributed by atoms with Crippen LogP contribution in [-0.4, -0.2) is 47.0 Å². The molecule has 1 unspecified atom stereocenters. The molecule has 0 amide bonds. The van der Waals surface area contributed by atoms with Crippen molar-refractivity contribution in [1.82, 2.24) is 4.90 Å². The van der Waals surface area contributed by atoms with E-state index >= 15 is 0 Å². The van der Waals surface area contributed by atoms with E-state index in [1.54, 1.807) is 0 Å². The van der Waals surface area contributed by atoms with Crippen LogP contribution in [0.4, 0.5) is 0 Å². The Bertz CT molecular complexity index is 174. The van der Waals surface area contributed by atoms with Crippen molar-refractivity contribution in [2.45, 2.75) is 37.8 Å². The van der Waals surface area contributed by atoms with E-state index in [0.29, 0.717) is 18.6 Å². The Labute approximate surface area is 79.4 Å². The van der Waals surface area contributed by atoms with Crippen LogP contribution in [0.1, 0.15) is 25.7 Å². The number of likely N-dealkylation sites (tertiary alicyclic amines) is 1. The van der Waals surface area contributed by atoms with Gasteiger partial charge in [0.25, 0.3) is 0 Å². The molecule has 76 valence electrons. The minimum atomic E-state index is -0.113. The predicted octanol–water partition coefficient (Wildman–Crippen LogP) is 0.214. The summed E-state index contributed by atoms with van der Waals surface area (Å²) >= 11 is 0. The molecular weight excluding hydrogens is 166 g/mol. The zero-order chi connectivity index (χ0) is 9.26. The van der Waals surface area contributed by atoms with Gasteiger partial charge < -0.3 is 10.2 Å². The molecule has 2 N–H and O–H groups in total. The van der Waals surface area contributed by atoms with E-state index < -0.39 is 0 Å². The van der Waals surface area contributed by atoms with Gasteiger partial charge in [-0.3, -0.25) is 4.90 Å². The van der Waals surface area contributed by atoms with Gasteiger partial charge in [0.2, 0.25) is 0 Å². The Morgan fingerprint density at radius 3 is 2.62 bits per heavy atom. The summed E-state index contributed by atoms with van der Waals surface area (Å²) in [5, 5.41) is 18.7. The van der Waals surface area contributed by atoms with Crippen molar-refractivity contribution in [2.24, 2.45) is 5.92 Å². The molecule has 0 radical (unpaired) electrons. The van der Waals surface area contributed by atoms with Gasteiger partial charge in [0.15, 0.2) is 0 Å². The maximum Gasteiger partial charge on any atom is 0.0695 e. The normalized spacial score (nSPS) is 41.5. The molecule has 1 heterocycles. The lowest BCUT2D eigenvalue weighted by molar-refractivity contribution is 0.0806. The highest BCUT2D eigenvalue weighted by Crippen LogP contribution is 2.28. The second kappa shape index (κ2) is 3.95. The maximum atomic E-state index is 9.70. The number of aliphatic hydroxyl groups excluding tert-OH is 2. The fraction of sp³-hybridized carbons (Fsp3) is 1.00. The summed E-state index contributed by atoms with van der Waals surface area (Å²) in [4.78, 5) is 2.36. The van der Waals surface area contributed by atoms with Gasteiger partial charge in [-0.2, -0.15) is 0 Å². The van der Waals surface area contributed by atoms with Crippen LogP contribution in [0.3, 0.4) is 0 Å². The summed E-state index contributed by atoms with van der Waals surface area (Å²) in [6.07, 6.45) is 4.24. The van der Waals surface area contributed by atoms with Crippen LogP contribution in [0, 0.1) is 5.92 Å². The highest BCUT2D eigenvalue weighted by molar-refractivity contribution is 4.89. The molecule has 2 fully saturated rings. The predicted molar refractivity (Wildman–Crippen MR) is 50.4 cm³/mol. The molecule has 3 atom stereocenters. The van der Waals surface area contributed by atoms with Crippen molar-refractivity contribution in [2.75, 3.05) is 19.7 Å². The van der Waals surface area contributed by atoms with Crippen molar-refractivity contribution in [3.63, 3.8) is 0 Å². The van der Waals surface area contributed by atoms with E-state index in [2.05, 4.69) is 4.90 Å². The van der Waals surface area contributed by atoms with Gasteiger partial charge in [-0.05, 0) is 38.1 Å². The summed E-state index contributed by atoms with van der Waals surface area (Å²) in [6.45, 7) is 2.35. The first kappa shape index (κ1) is 9.44. The monoisotopic (exact) mass is 185 g/mol. The molecule has 1 saturated heterocycles. The highest BCUT2D eigenvalue weighted by Gasteiger charge is 2.34. The van der Waals surface area contributed by atoms with E-state index in [0.717, 1.165) is 38.8 Å². The maximum absolute atomic E-state index is 9.70. The molecule has 1 aliphatic heterocycles. The third kappa shape index (κ3) is 1.87. The first-order chi connectivity index (χ1) is 6.31. The van der Waals surface area contributed by atoms with Crippen molar-refractivity contribution < 1.29 is 10.2 Å². The van der Waals surface area contributed by atoms with E-state index in [9.17, 15) is 5.11 Å². The fourth-order valence-electron chi connectivity index (χ4n) is 2.66. The standard InChI is InChI=1S/C10H19NO2/c12-7-8-4-5-11(6-8)9-2-1-3-10(9)13/h8-10,12-13H,1-7H2/t8?,9-,10-/m1/s1. The van der Waals surface area contributed by atoms with E-state index in [1.807, 2.05) is 0 Å². The Balaban J connectivity index is 1.88. The molecule has 0 bridgehead atoms. The van der Waals surface area contributed by atoms with Crippen LogP contribution in [0.25, 0.3) is 0 Å². The van der Waals surface area contributed by atoms with E-state index in [-0.39, 0.29) is 6.10 Å². The number of aliphatic hydroxyl groups is 2. The number of rotatable bonds is 2. The average molecular weight is 185 g/mol. The Kier molecular flexibility index (Phi) is 2.86. The van der Waals surface area contributed by atoms with Crippen LogP contribution in [0.15, 0.2) is 0 Å². The topological polar surface area (TPSA) is 43.7 Å². The van der Waals surface area contributed by atoms with Crippen LogP contribution >= 0.6 is 0 Å². The van der Waals surface area contributed by atoms with Crippen molar-refractivity contribution in [3.05, 3.63) is 0 Å². The van der Waals surface area contributed by atoms with Gasteiger partial charge in [-0.25, -0.2) is 0 Å². The smallest absolute Gasteiger partial charge is 0.0695 e. The third-order valence-electron chi connectivity index (χ3n) is 3.49. The summed E-state index contributed by atoms with van der Waals surface area (Å²) in [7, 11) is 0. The minimum Gasteiger partial charge on any atom is -0.396 e. The molecule has 1 saturated carbocycles. The van der Waals surface area contributed by atoms with Gasteiger partial charge in [0.05, 0.1) is 6.10 Å². The molecule has 0 aromatic rings. The molecule has 0 aromatic carbocycles. The summed E-state index contributed by atoms with van der Waals surface area (Å²) < 4.78 is 0. The molecule has 13 heavy (non-hydrogen) atoms. The van der Waals surface area contributed by atoms with Crippen LogP contribution in [0.5, 0.6) is 0 Å². The molecule has 3 nitrogen and oxygen atoms in total. The third-order valence-corrected chi connectivity index (χ3v) is 3.49. The van der Waals surface area contributed by atoms with Crippen molar-refractivity contribution >= 4 is 0 Å². The zero-order valence-corrected chi connectivity index (χ0v) is 8.02. The van der Waals surface area contributed by atoms with Crippen LogP contribution in [-0.2, 0) is 0 Å². The quantitative estimate of drug-likeness (QED) is 0.646. The second-order valence-electron chi connectivity index (χ2n) is 4.40. The molecule has 3 heteroatoms. The summed E-state index contributed by atoms with van der Waals surface area (Å²) in [5.41, 5.74) is 0. The summed E-state index contributed by atoms with van der Waals surface area (Å²) in [6, 6.07) is 0.386. The molecule has 2 aliphatic rings. The molecule has 1 aliphatic carbocycles. The lowest BCUT2D eigenvalue weighted by Crippen LogP contribution is -2.38. The Morgan fingerprint density at radius 1 is 1.23 bits per heavy atom. The van der Waals surface area contributed by atoms with E-state index in [1.165, 1.54) is 0 Å². The molecule has 0 aromatic heterocycles. The molecule has 0 spiro atoms. The fourth-order valence-corrected chi connectivity index (χ4v) is 2.66. The summed E-state index contributed by atoms with van der Waals surface area (Å²) in [5.74, 6) is 0.452. The second-order valence-corrected chi connectivity index (χ2v) is 4.40. The largest absolute Gasteiger partial charge is 0.396 e. The Morgan fingerprint density at radius 2 is 2.08 bits per heavy atom. The Hall–Kier alpha value is -0.120. The van der Waals surface area contributed by atoms with Crippen molar-refractivity contribution in [1.29, 1.82) is 0 Å². The van der Waals surface area contributed by atoms with Crippen LogP contribution < -0.4 is 0 Å². The first-order valence-corrected chi connectivity index (χ1v) is 5.34. The van der Waals surface area contributed by atoms with Gasteiger partial charge in [0, 0.05) is 19.2 Å². The molecular formula is C10H19NO2. The number of nitrogens with zero attached hydrogens (tertiary/aromatic N) is 1. The minimum absolute atomic E-state index is 0.113. The van der Waals surface area contributed by atoms with Gasteiger partial charge >= 0.3 is 0 Å². The van der Waals surface area contributed by atoms with Crippen molar-refractivity contribution in [3.8, 4) is 0 Å². The van der Waals surface area contributed by atoms with E-state index in [4.69, 9.17) is 5.11 Å². The number of hydrogen-bond acceptors (Lipinski definition) is 3. The molecule has 2 rings (SSSR count). The average Bonchev–Trinajstić information content (AvgIpc) is 2.71. The van der Waals surface area contributed by atoms with Crippen LogP contribution in [0.2, 0.25) is 0 Å². The van der Waals surface area contributed by atoms with Gasteiger partial charge in [-0.1, -0.05) is 0 Å². The SMILES string of the molecule is OCC1CCN([C@@H]2CCC[C@H]2O)C1. The van der Waals surface area contributed by atoms with Gasteiger partial charge in [0.1, 0.15) is 0 Å².